The van der Waals surface area contributed by atoms with Gasteiger partial charge in [-0.3, -0.25) is 15.1 Å². The van der Waals surface area contributed by atoms with Crippen LogP contribution in [-0.2, 0) is 0 Å². The molecule has 7 heteroatoms. The molecule has 3 rings (SSSR count). The van der Waals surface area contributed by atoms with Crippen LogP contribution in [-0.4, -0.2) is 46.0 Å². The van der Waals surface area contributed by atoms with Crippen LogP contribution in [0.4, 0.5) is 11.5 Å². The molecule has 0 atom stereocenters. The third-order valence-electron chi connectivity index (χ3n) is 3.94. The molecule has 2 aromatic heterocycles. The Morgan fingerprint density at radius 3 is 2.64 bits per heavy atom. The summed E-state index contributed by atoms with van der Waals surface area (Å²) < 4.78 is 0. The largest absolute Gasteiger partial charge is 0.362 e. The van der Waals surface area contributed by atoms with Crippen LogP contribution in [0.2, 0.25) is 0 Å². The Balaban J connectivity index is 1.64. The molecular formula is C18H17N5O2. The van der Waals surface area contributed by atoms with Gasteiger partial charge in [0.2, 0.25) is 5.82 Å². The van der Waals surface area contributed by atoms with Crippen LogP contribution in [0.25, 0.3) is 0 Å². The second-order valence-corrected chi connectivity index (χ2v) is 5.52. The topological polar surface area (TPSA) is 75.4 Å². The molecule has 126 valence electrons. The SMILES string of the molecule is C=C(C#Cc1cccnc1)N1CCN(c2ncccc2[N+](=O)[O-])CC1. The molecule has 1 fully saturated rings. The molecule has 0 radical (unpaired) electrons. The third kappa shape index (κ3) is 3.93. The first kappa shape index (κ1) is 16.5. The molecule has 0 amide bonds. The second-order valence-electron chi connectivity index (χ2n) is 5.52. The summed E-state index contributed by atoms with van der Waals surface area (Å²) in [6.07, 6.45) is 4.99. The molecule has 0 bridgehead atoms. The summed E-state index contributed by atoms with van der Waals surface area (Å²) in [5.41, 5.74) is 1.61. The molecule has 7 nitrogen and oxygen atoms in total. The van der Waals surface area contributed by atoms with Gasteiger partial charge in [-0.2, -0.15) is 0 Å². The summed E-state index contributed by atoms with van der Waals surface area (Å²) in [7, 11) is 0. The monoisotopic (exact) mass is 335 g/mol. The summed E-state index contributed by atoms with van der Waals surface area (Å²) >= 11 is 0. The Morgan fingerprint density at radius 2 is 1.96 bits per heavy atom. The number of piperazine rings is 1. The van der Waals surface area contributed by atoms with Gasteiger partial charge in [-0.1, -0.05) is 12.5 Å². The number of pyridine rings is 2. The number of rotatable bonds is 3. The van der Waals surface area contributed by atoms with E-state index in [-0.39, 0.29) is 5.69 Å². The van der Waals surface area contributed by atoms with Crippen LogP contribution in [0.15, 0.2) is 55.1 Å². The van der Waals surface area contributed by atoms with Crippen molar-refractivity contribution in [3.05, 3.63) is 70.8 Å². The highest BCUT2D eigenvalue weighted by Crippen LogP contribution is 2.26. The van der Waals surface area contributed by atoms with Gasteiger partial charge in [-0.15, -0.1) is 0 Å². The Bertz CT molecular complexity index is 833. The second kappa shape index (κ2) is 7.45. The summed E-state index contributed by atoms with van der Waals surface area (Å²) in [6, 6.07) is 6.79. The maximum absolute atomic E-state index is 11.1. The van der Waals surface area contributed by atoms with Gasteiger partial charge >= 0.3 is 5.69 Å². The van der Waals surface area contributed by atoms with Crippen LogP contribution in [0.5, 0.6) is 0 Å². The number of nitro groups is 1. The Kier molecular flexibility index (Phi) is 4.90. The van der Waals surface area contributed by atoms with E-state index in [9.17, 15) is 10.1 Å². The van der Waals surface area contributed by atoms with Crippen molar-refractivity contribution in [1.82, 2.24) is 14.9 Å². The molecule has 0 aromatic carbocycles. The van der Waals surface area contributed by atoms with Gasteiger partial charge in [0.05, 0.1) is 10.6 Å². The lowest BCUT2D eigenvalue weighted by Crippen LogP contribution is -2.46. The lowest BCUT2D eigenvalue weighted by molar-refractivity contribution is -0.384. The average Bonchev–Trinajstić information content (AvgIpc) is 2.67. The summed E-state index contributed by atoms with van der Waals surface area (Å²) in [6.45, 7) is 6.66. The minimum Gasteiger partial charge on any atom is -0.362 e. The van der Waals surface area contributed by atoms with Crippen molar-refractivity contribution >= 4 is 11.5 Å². The first-order valence-electron chi connectivity index (χ1n) is 7.85. The lowest BCUT2D eigenvalue weighted by Gasteiger charge is -2.35. The van der Waals surface area contributed by atoms with Crippen molar-refractivity contribution in [1.29, 1.82) is 0 Å². The molecule has 0 unspecified atom stereocenters. The molecule has 0 spiro atoms. The molecule has 1 aliphatic heterocycles. The standard InChI is InChI=1S/C18H17N5O2/c1-15(6-7-16-4-2-8-19-14-16)21-10-12-22(13-11-21)18-17(23(24)25)5-3-9-20-18/h2-5,8-9,14H,1,10-13H2. The van der Waals surface area contributed by atoms with E-state index in [1.165, 1.54) is 6.07 Å². The highest BCUT2D eigenvalue weighted by molar-refractivity contribution is 5.57. The number of aromatic nitrogens is 2. The molecule has 0 saturated carbocycles. The van der Waals surface area contributed by atoms with Crippen LogP contribution in [0.1, 0.15) is 5.56 Å². The van der Waals surface area contributed by atoms with Crippen molar-refractivity contribution in [3.63, 3.8) is 0 Å². The predicted octanol–water partition coefficient (Wildman–Crippen LogP) is 2.07. The van der Waals surface area contributed by atoms with Crippen molar-refractivity contribution in [2.75, 3.05) is 31.1 Å². The molecule has 1 aliphatic rings. The average molecular weight is 335 g/mol. The minimum absolute atomic E-state index is 0.0335. The third-order valence-corrected chi connectivity index (χ3v) is 3.94. The van der Waals surface area contributed by atoms with Gasteiger partial charge in [0.1, 0.15) is 0 Å². The molecule has 3 heterocycles. The van der Waals surface area contributed by atoms with Crippen LogP contribution < -0.4 is 4.90 Å². The zero-order chi connectivity index (χ0) is 17.6. The van der Waals surface area contributed by atoms with E-state index in [0.717, 1.165) is 11.3 Å². The normalized spacial score (nSPS) is 13.8. The van der Waals surface area contributed by atoms with Gasteiger partial charge in [-0.05, 0) is 24.1 Å². The summed E-state index contributed by atoms with van der Waals surface area (Å²) in [5.74, 6) is 6.51. The maximum Gasteiger partial charge on any atom is 0.311 e. The number of nitrogens with zero attached hydrogens (tertiary/aromatic N) is 5. The number of hydrogen-bond acceptors (Lipinski definition) is 6. The van der Waals surface area contributed by atoms with Gasteiger partial charge in [0, 0.05) is 56.4 Å². The van der Waals surface area contributed by atoms with Crippen molar-refractivity contribution < 1.29 is 4.92 Å². The van der Waals surface area contributed by atoms with Gasteiger partial charge < -0.3 is 9.80 Å². The number of anilines is 1. The number of allylic oxidation sites excluding steroid dienone is 1. The summed E-state index contributed by atoms with van der Waals surface area (Å²) in [5, 5.41) is 11.1. The lowest BCUT2D eigenvalue weighted by atomic mass is 10.2. The van der Waals surface area contributed by atoms with E-state index >= 15 is 0 Å². The fourth-order valence-corrected chi connectivity index (χ4v) is 2.62. The molecule has 1 saturated heterocycles. The maximum atomic E-state index is 11.1. The van der Waals surface area contributed by atoms with Gasteiger partial charge in [-0.25, -0.2) is 4.98 Å². The molecule has 25 heavy (non-hydrogen) atoms. The first-order valence-corrected chi connectivity index (χ1v) is 7.85. The van der Waals surface area contributed by atoms with Crippen LogP contribution in [0.3, 0.4) is 0 Å². The zero-order valence-electron chi connectivity index (χ0n) is 13.6. The Morgan fingerprint density at radius 1 is 1.20 bits per heavy atom. The Labute approximate surface area is 145 Å². The highest BCUT2D eigenvalue weighted by Gasteiger charge is 2.24. The van der Waals surface area contributed by atoms with E-state index in [2.05, 4.69) is 33.3 Å². The quantitative estimate of drug-likeness (QED) is 0.486. The van der Waals surface area contributed by atoms with Gasteiger partial charge in [0.25, 0.3) is 0 Å². The fraction of sp³-hybridized carbons (Fsp3) is 0.222. The fourth-order valence-electron chi connectivity index (χ4n) is 2.62. The van der Waals surface area contributed by atoms with Crippen LogP contribution >= 0.6 is 0 Å². The molecule has 2 aromatic rings. The van der Waals surface area contributed by atoms with Crippen molar-refractivity contribution in [2.24, 2.45) is 0 Å². The van der Waals surface area contributed by atoms with E-state index in [1.807, 2.05) is 17.0 Å². The summed E-state index contributed by atoms with van der Waals surface area (Å²) in [4.78, 5) is 23.0. The van der Waals surface area contributed by atoms with E-state index in [4.69, 9.17) is 0 Å². The highest BCUT2D eigenvalue weighted by atomic mass is 16.6. The molecular weight excluding hydrogens is 318 g/mol. The zero-order valence-corrected chi connectivity index (χ0v) is 13.6. The first-order chi connectivity index (χ1) is 12.1. The smallest absolute Gasteiger partial charge is 0.311 e. The Hall–Kier alpha value is -3.40. The van der Waals surface area contributed by atoms with Crippen LogP contribution in [0, 0.1) is 22.0 Å². The van der Waals surface area contributed by atoms with Crippen molar-refractivity contribution in [3.8, 4) is 11.8 Å². The predicted molar refractivity (Wildman–Crippen MR) is 94.9 cm³/mol. The van der Waals surface area contributed by atoms with E-state index in [1.54, 1.807) is 24.7 Å². The molecule has 0 N–H and O–H groups in total. The molecule has 0 aliphatic carbocycles. The van der Waals surface area contributed by atoms with E-state index in [0.29, 0.717) is 32.0 Å². The van der Waals surface area contributed by atoms with Crippen molar-refractivity contribution in [2.45, 2.75) is 0 Å². The minimum atomic E-state index is -0.396. The number of hydrogen-bond donors (Lipinski definition) is 0. The van der Waals surface area contributed by atoms with E-state index < -0.39 is 4.92 Å². The van der Waals surface area contributed by atoms with Gasteiger partial charge in [0.15, 0.2) is 0 Å².